The van der Waals surface area contributed by atoms with Gasteiger partial charge < -0.3 is 10.2 Å². The maximum atomic E-state index is 14.5. The average molecular weight is 732 g/mol. The summed E-state index contributed by atoms with van der Waals surface area (Å²) >= 11 is 16.1. The second kappa shape index (κ2) is 15.8. The van der Waals surface area contributed by atoms with Crippen molar-refractivity contribution >= 4 is 66.7 Å². The molecule has 2 atom stereocenters. The molecule has 0 saturated carbocycles. The molecule has 0 aliphatic heterocycles. The van der Waals surface area contributed by atoms with Crippen LogP contribution >= 0.6 is 39.1 Å². The molecule has 0 spiro atoms. The summed E-state index contributed by atoms with van der Waals surface area (Å²) in [5, 5.41) is 3.76. The lowest BCUT2D eigenvalue weighted by molar-refractivity contribution is -0.140. The van der Waals surface area contributed by atoms with Crippen LogP contribution in [0.3, 0.4) is 0 Å². The Morgan fingerprint density at radius 3 is 2.11 bits per heavy atom. The predicted octanol–water partition coefficient (Wildman–Crippen LogP) is 7.51. The molecule has 236 valence electrons. The van der Waals surface area contributed by atoms with Gasteiger partial charge in [-0.15, -0.1) is 0 Å². The van der Waals surface area contributed by atoms with Crippen molar-refractivity contribution in [1.82, 2.24) is 10.2 Å². The normalized spacial score (nSPS) is 12.6. The van der Waals surface area contributed by atoms with Crippen molar-refractivity contribution in [2.75, 3.05) is 10.8 Å². The lowest BCUT2D eigenvalue weighted by Crippen LogP contribution is -2.54. The van der Waals surface area contributed by atoms with E-state index in [2.05, 4.69) is 21.2 Å². The molecule has 4 rings (SSSR count). The summed E-state index contributed by atoms with van der Waals surface area (Å²) in [6.45, 7) is 3.23. The Hall–Kier alpha value is -3.37. The van der Waals surface area contributed by atoms with Gasteiger partial charge in [0.05, 0.1) is 10.6 Å². The molecule has 7 nitrogen and oxygen atoms in total. The van der Waals surface area contributed by atoms with Crippen LogP contribution in [0.25, 0.3) is 0 Å². The number of halogens is 3. The highest BCUT2D eigenvalue weighted by Crippen LogP contribution is 2.28. The fourth-order valence-electron chi connectivity index (χ4n) is 4.68. The molecule has 0 aromatic heterocycles. The lowest BCUT2D eigenvalue weighted by atomic mass is 10.0. The molecule has 0 bridgehead atoms. The van der Waals surface area contributed by atoms with Crippen molar-refractivity contribution in [3.05, 3.63) is 129 Å². The maximum absolute atomic E-state index is 14.5. The van der Waals surface area contributed by atoms with Crippen molar-refractivity contribution in [2.24, 2.45) is 0 Å². The van der Waals surface area contributed by atoms with Crippen molar-refractivity contribution in [1.29, 1.82) is 0 Å². The molecule has 0 saturated heterocycles. The Kier molecular flexibility index (Phi) is 12.1. The standard InChI is InChI=1S/C34H34BrCl2N3O4S/c1-3-24(2)38-34(42)32(20-25-10-6-4-7-11-25)39(22-26-14-17-28(36)21-31(26)37)33(41)23-40(29-18-15-27(35)16-19-29)45(43,44)30-12-8-5-9-13-30/h4-19,21,24,32H,3,20,22-23H2,1-2H3,(H,38,42)/t24-,32+/m0/s1. The molecule has 0 heterocycles. The van der Waals surface area contributed by atoms with Gasteiger partial charge in [0, 0.05) is 33.5 Å². The van der Waals surface area contributed by atoms with Gasteiger partial charge in [-0.3, -0.25) is 13.9 Å². The lowest BCUT2D eigenvalue weighted by Gasteiger charge is -2.34. The van der Waals surface area contributed by atoms with Crippen molar-refractivity contribution in [3.8, 4) is 0 Å². The highest BCUT2D eigenvalue weighted by atomic mass is 79.9. The van der Waals surface area contributed by atoms with Crippen LogP contribution in [-0.4, -0.2) is 43.8 Å². The molecule has 2 amide bonds. The number of anilines is 1. The minimum absolute atomic E-state index is 0.0309. The fraction of sp³-hybridized carbons (Fsp3) is 0.235. The smallest absolute Gasteiger partial charge is 0.264 e. The van der Waals surface area contributed by atoms with Gasteiger partial charge in [0.25, 0.3) is 10.0 Å². The zero-order chi connectivity index (χ0) is 32.6. The monoisotopic (exact) mass is 729 g/mol. The molecular weight excluding hydrogens is 697 g/mol. The molecule has 0 aliphatic rings. The van der Waals surface area contributed by atoms with E-state index < -0.39 is 28.5 Å². The average Bonchev–Trinajstić information content (AvgIpc) is 3.03. The molecule has 4 aromatic carbocycles. The van der Waals surface area contributed by atoms with Gasteiger partial charge >= 0.3 is 0 Å². The minimum atomic E-state index is -4.18. The highest BCUT2D eigenvalue weighted by Gasteiger charge is 2.35. The molecule has 0 fully saturated rings. The number of benzene rings is 4. The number of nitrogens with zero attached hydrogens (tertiary/aromatic N) is 2. The van der Waals surface area contributed by atoms with E-state index in [1.807, 2.05) is 44.2 Å². The Bertz CT molecular complexity index is 1710. The third-order valence-electron chi connectivity index (χ3n) is 7.35. The quantitative estimate of drug-likeness (QED) is 0.154. The van der Waals surface area contributed by atoms with Crippen LogP contribution in [0.4, 0.5) is 5.69 Å². The van der Waals surface area contributed by atoms with E-state index in [0.29, 0.717) is 27.7 Å². The van der Waals surface area contributed by atoms with E-state index in [0.717, 1.165) is 14.3 Å². The zero-order valence-electron chi connectivity index (χ0n) is 24.9. The summed E-state index contributed by atoms with van der Waals surface area (Å²) in [7, 11) is -4.18. The van der Waals surface area contributed by atoms with Crippen LogP contribution in [0.2, 0.25) is 10.0 Å². The first kappa shape index (κ1) is 34.5. The number of hydrogen-bond donors (Lipinski definition) is 1. The van der Waals surface area contributed by atoms with Gasteiger partial charge in [-0.2, -0.15) is 0 Å². The van der Waals surface area contributed by atoms with Crippen LogP contribution in [0.15, 0.2) is 112 Å². The van der Waals surface area contributed by atoms with Crippen molar-refractivity contribution in [2.45, 2.75) is 50.2 Å². The van der Waals surface area contributed by atoms with Crippen LogP contribution in [0, 0.1) is 0 Å². The first-order valence-corrected chi connectivity index (χ1v) is 17.4. The summed E-state index contributed by atoms with van der Waals surface area (Å²) in [5.74, 6) is -0.934. The van der Waals surface area contributed by atoms with Crippen LogP contribution in [-0.2, 0) is 32.6 Å². The number of rotatable bonds is 13. The Balaban J connectivity index is 1.82. The molecule has 1 N–H and O–H groups in total. The molecule has 0 unspecified atom stereocenters. The van der Waals surface area contributed by atoms with E-state index in [1.54, 1.807) is 60.7 Å². The van der Waals surface area contributed by atoms with Crippen LogP contribution < -0.4 is 9.62 Å². The second-order valence-corrected chi connectivity index (χ2v) is 14.2. The maximum Gasteiger partial charge on any atom is 0.264 e. The highest BCUT2D eigenvalue weighted by molar-refractivity contribution is 9.10. The van der Waals surface area contributed by atoms with Crippen molar-refractivity contribution in [3.63, 3.8) is 0 Å². The van der Waals surface area contributed by atoms with Gasteiger partial charge in [0.1, 0.15) is 12.6 Å². The molecule has 4 aromatic rings. The molecular formula is C34H34BrCl2N3O4S. The number of carbonyl (C=O) groups excluding carboxylic acids is 2. The van der Waals surface area contributed by atoms with E-state index >= 15 is 0 Å². The topological polar surface area (TPSA) is 86.8 Å². The summed E-state index contributed by atoms with van der Waals surface area (Å²) in [5.41, 5.74) is 1.69. The van der Waals surface area contributed by atoms with Gasteiger partial charge in [-0.1, -0.05) is 101 Å². The first-order valence-electron chi connectivity index (χ1n) is 14.4. The molecule has 11 heteroatoms. The van der Waals surface area contributed by atoms with Gasteiger partial charge in [-0.25, -0.2) is 8.42 Å². The fourth-order valence-corrected chi connectivity index (χ4v) is 6.85. The number of sulfonamides is 1. The van der Waals surface area contributed by atoms with Gasteiger partial charge in [0.2, 0.25) is 11.8 Å². The number of nitrogens with one attached hydrogen (secondary N) is 1. The Labute approximate surface area is 283 Å². The zero-order valence-corrected chi connectivity index (χ0v) is 28.8. The summed E-state index contributed by atoms with van der Waals surface area (Å²) in [4.78, 5) is 29.9. The number of hydrogen-bond acceptors (Lipinski definition) is 4. The summed E-state index contributed by atoms with van der Waals surface area (Å²) < 4.78 is 29.9. The SMILES string of the molecule is CC[C@H](C)NC(=O)[C@@H](Cc1ccccc1)N(Cc1ccc(Cl)cc1Cl)C(=O)CN(c1ccc(Br)cc1)S(=O)(=O)c1ccccc1. The van der Waals surface area contributed by atoms with E-state index in [1.165, 1.54) is 17.0 Å². The Morgan fingerprint density at radius 1 is 0.889 bits per heavy atom. The largest absolute Gasteiger partial charge is 0.352 e. The Morgan fingerprint density at radius 2 is 1.51 bits per heavy atom. The first-order chi connectivity index (χ1) is 21.5. The van der Waals surface area contributed by atoms with Gasteiger partial charge in [0.15, 0.2) is 0 Å². The van der Waals surface area contributed by atoms with Gasteiger partial charge in [-0.05, 0) is 73.0 Å². The summed E-state index contributed by atoms with van der Waals surface area (Å²) in [6, 6.07) is 27.7. The predicted molar refractivity (Wildman–Crippen MR) is 184 cm³/mol. The second-order valence-electron chi connectivity index (χ2n) is 10.6. The molecule has 0 radical (unpaired) electrons. The van der Waals surface area contributed by atoms with E-state index in [-0.39, 0.29) is 29.8 Å². The minimum Gasteiger partial charge on any atom is -0.352 e. The number of amides is 2. The summed E-state index contributed by atoms with van der Waals surface area (Å²) in [6.07, 6.45) is 0.886. The van der Waals surface area contributed by atoms with E-state index in [9.17, 15) is 18.0 Å². The number of carbonyl (C=O) groups is 2. The van der Waals surface area contributed by atoms with E-state index in [4.69, 9.17) is 23.2 Å². The third kappa shape index (κ3) is 9.10. The molecule has 45 heavy (non-hydrogen) atoms. The third-order valence-corrected chi connectivity index (χ3v) is 10.3. The van der Waals surface area contributed by atoms with Crippen LogP contribution in [0.1, 0.15) is 31.4 Å². The van der Waals surface area contributed by atoms with Crippen molar-refractivity contribution < 1.29 is 18.0 Å². The van der Waals surface area contributed by atoms with Crippen LogP contribution in [0.5, 0.6) is 0 Å². The molecule has 0 aliphatic carbocycles.